The molecule has 6 rings (SSSR count). The molecule has 208 valence electrons. The van der Waals surface area contributed by atoms with Gasteiger partial charge in [0.2, 0.25) is 5.88 Å². The van der Waals surface area contributed by atoms with Crippen molar-refractivity contribution in [1.29, 1.82) is 0 Å². The number of amides is 2. The van der Waals surface area contributed by atoms with Gasteiger partial charge in [0, 0.05) is 31.9 Å². The van der Waals surface area contributed by atoms with Crippen molar-refractivity contribution in [2.45, 2.75) is 31.6 Å². The molecule has 40 heavy (non-hydrogen) atoms. The van der Waals surface area contributed by atoms with Gasteiger partial charge in [-0.1, -0.05) is 6.07 Å². The summed E-state index contributed by atoms with van der Waals surface area (Å²) in [5.74, 6) is 1.53. The Morgan fingerprint density at radius 2 is 2.05 bits per heavy atom. The van der Waals surface area contributed by atoms with Gasteiger partial charge in [0.05, 0.1) is 17.9 Å². The molecule has 12 nitrogen and oxygen atoms in total. The summed E-state index contributed by atoms with van der Waals surface area (Å²) in [5, 5.41) is 6.08. The van der Waals surface area contributed by atoms with E-state index in [-0.39, 0.29) is 24.7 Å². The Balaban J connectivity index is 0.997. The van der Waals surface area contributed by atoms with Crippen LogP contribution in [0.1, 0.15) is 18.4 Å². The summed E-state index contributed by atoms with van der Waals surface area (Å²) < 4.78 is 17.0. The highest BCUT2D eigenvalue weighted by atomic mass is 16.6. The number of likely N-dealkylation sites (tertiary alicyclic amines) is 1. The number of rotatable bonds is 9. The fraction of sp³-hybridized carbons (Fsp3) is 0.393. The highest BCUT2D eigenvalue weighted by Crippen LogP contribution is 2.30. The zero-order valence-electron chi connectivity index (χ0n) is 22.2. The van der Waals surface area contributed by atoms with Crippen LogP contribution in [0.25, 0.3) is 11.4 Å². The van der Waals surface area contributed by atoms with Gasteiger partial charge in [0.25, 0.3) is 5.91 Å². The van der Waals surface area contributed by atoms with E-state index in [1.807, 2.05) is 30.3 Å². The van der Waals surface area contributed by atoms with Crippen LogP contribution in [0.4, 0.5) is 16.4 Å². The van der Waals surface area contributed by atoms with E-state index in [4.69, 9.17) is 14.2 Å². The molecule has 3 aliphatic heterocycles. The molecule has 2 fully saturated rings. The van der Waals surface area contributed by atoms with Crippen LogP contribution in [0.5, 0.6) is 11.6 Å². The Bertz CT molecular complexity index is 1400. The average molecular weight is 546 g/mol. The Kier molecular flexibility index (Phi) is 7.43. The SMILES string of the molecule is CN1CC[C@H](Oc2cccc(-c3cc(CNCC[C@H]4CN(c5ccc6c(n5)NC(=O)CO6)C(=O)O4)ccn3)n2)C1. The first-order valence-electron chi connectivity index (χ1n) is 13.4. The molecule has 0 unspecified atom stereocenters. The first kappa shape index (κ1) is 26.0. The molecule has 0 aromatic carbocycles. The Hall–Kier alpha value is -4.29. The van der Waals surface area contributed by atoms with E-state index in [2.05, 4.69) is 37.5 Å². The van der Waals surface area contributed by atoms with E-state index in [0.717, 1.165) is 36.5 Å². The van der Waals surface area contributed by atoms with Crippen LogP contribution < -0.4 is 25.0 Å². The van der Waals surface area contributed by atoms with Gasteiger partial charge in [-0.15, -0.1) is 0 Å². The second kappa shape index (κ2) is 11.4. The molecule has 3 aromatic rings. The molecule has 0 saturated carbocycles. The van der Waals surface area contributed by atoms with E-state index in [0.29, 0.717) is 49.3 Å². The van der Waals surface area contributed by atoms with Crippen LogP contribution in [0.3, 0.4) is 0 Å². The predicted octanol–water partition coefficient (Wildman–Crippen LogP) is 2.46. The number of ether oxygens (including phenoxy) is 3. The molecule has 6 heterocycles. The van der Waals surface area contributed by atoms with Crippen LogP contribution in [-0.4, -0.2) is 83.9 Å². The van der Waals surface area contributed by atoms with Gasteiger partial charge < -0.3 is 29.7 Å². The molecule has 0 radical (unpaired) electrons. The third-order valence-corrected chi connectivity index (χ3v) is 7.03. The summed E-state index contributed by atoms with van der Waals surface area (Å²) in [6.45, 7) is 3.56. The lowest BCUT2D eigenvalue weighted by Crippen LogP contribution is -2.29. The van der Waals surface area contributed by atoms with Crippen molar-refractivity contribution in [3.63, 3.8) is 0 Å². The quantitative estimate of drug-likeness (QED) is 0.387. The fourth-order valence-corrected chi connectivity index (χ4v) is 4.97. The molecule has 2 N–H and O–H groups in total. The number of carbonyl (C=O) groups excluding carboxylic acids is 2. The summed E-state index contributed by atoms with van der Waals surface area (Å²) in [7, 11) is 2.10. The lowest BCUT2D eigenvalue weighted by atomic mass is 10.1. The maximum absolute atomic E-state index is 12.5. The van der Waals surface area contributed by atoms with E-state index in [1.54, 1.807) is 18.3 Å². The van der Waals surface area contributed by atoms with Crippen molar-refractivity contribution < 1.29 is 23.8 Å². The van der Waals surface area contributed by atoms with Gasteiger partial charge in [-0.2, -0.15) is 0 Å². The lowest BCUT2D eigenvalue weighted by Gasteiger charge is -2.19. The number of carbonyl (C=O) groups is 2. The number of likely N-dealkylation sites (N-methyl/N-ethyl adjacent to an activating group) is 1. The van der Waals surface area contributed by atoms with Crippen LogP contribution >= 0.6 is 0 Å². The monoisotopic (exact) mass is 545 g/mol. The number of pyridine rings is 3. The molecule has 3 aliphatic rings. The van der Waals surface area contributed by atoms with Gasteiger partial charge in [-0.25, -0.2) is 14.8 Å². The second-order valence-electron chi connectivity index (χ2n) is 10.1. The summed E-state index contributed by atoms with van der Waals surface area (Å²) in [5.41, 5.74) is 2.63. The average Bonchev–Trinajstić information content (AvgIpc) is 3.55. The number of anilines is 2. The molecule has 0 spiro atoms. The third-order valence-electron chi connectivity index (χ3n) is 7.03. The van der Waals surface area contributed by atoms with Crippen molar-refractivity contribution in [1.82, 2.24) is 25.2 Å². The van der Waals surface area contributed by atoms with Crippen molar-refractivity contribution >= 4 is 23.6 Å². The standard InChI is InChI=1S/C28H31N7O5/c1-34-12-9-20(15-34)39-26-4-2-3-21(31-26)22-13-18(7-11-30-22)14-29-10-8-19-16-35(28(37)40-19)24-6-5-23-27(32-24)33-25(36)17-38-23/h2-7,11,13,19-20,29H,8-10,12,14-17H2,1H3,(H,32,33,36)/t19-,20-/m0/s1. The summed E-state index contributed by atoms with van der Waals surface area (Å²) >= 11 is 0. The molecule has 0 bridgehead atoms. The van der Waals surface area contributed by atoms with Crippen LogP contribution in [0.2, 0.25) is 0 Å². The molecule has 12 heteroatoms. The van der Waals surface area contributed by atoms with Crippen LogP contribution in [0, 0.1) is 0 Å². The molecule has 2 saturated heterocycles. The number of cyclic esters (lactones) is 1. The van der Waals surface area contributed by atoms with Crippen LogP contribution in [-0.2, 0) is 16.1 Å². The second-order valence-corrected chi connectivity index (χ2v) is 10.1. The molecular weight excluding hydrogens is 514 g/mol. The van der Waals surface area contributed by atoms with Gasteiger partial charge in [0.15, 0.2) is 18.2 Å². The Morgan fingerprint density at radius 1 is 1.12 bits per heavy atom. The fourth-order valence-electron chi connectivity index (χ4n) is 4.97. The number of hydrogen-bond acceptors (Lipinski definition) is 10. The number of aromatic nitrogens is 3. The number of fused-ring (bicyclic) bond motifs is 1. The van der Waals surface area contributed by atoms with Gasteiger partial charge in [0.1, 0.15) is 18.0 Å². The number of nitrogens with one attached hydrogen (secondary N) is 2. The minimum atomic E-state index is -0.460. The van der Waals surface area contributed by atoms with Crippen molar-refractivity contribution in [2.24, 2.45) is 0 Å². The topological polar surface area (TPSA) is 131 Å². The molecule has 0 aliphatic carbocycles. The minimum Gasteiger partial charge on any atom is -0.480 e. The number of nitrogens with zero attached hydrogens (tertiary/aromatic N) is 5. The Morgan fingerprint density at radius 3 is 2.92 bits per heavy atom. The maximum atomic E-state index is 12.5. The first-order chi connectivity index (χ1) is 19.5. The maximum Gasteiger partial charge on any atom is 0.415 e. The van der Waals surface area contributed by atoms with Gasteiger partial charge >= 0.3 is 6.09 Å². The summed E-state index contributed by atoms with van der Waals surface area (Å²) in [4.78, 5) is 41.3. The molecule has 2 amide bonds. The largest absolute Gasteiger partial charge is 0.480 e. The van der Waals surface area contributed by atoms with Crippen LogP contribution in [0.15, 0.2) is 48.7 Å². The van der Waals surface area contributed by atoms with E-state index in [1.165, 1.54) is 4.90 Å². The zero-order chi connectivity index (χ0) is 27.5. The van der Waals surface area contributed by atoms with Crippen molar-refractivity contribution in [3.8, 4) is 23.0 Å². The Labute approximate surface area is 231 Å². The third kappa shape index (κ3) is 5.97. The summed E-state index contributed by atoms with van der Waals surface area (Å²) in [6.07, 6.45) is 2.85. The smallest absolute Gasteiger partial charge is 0.415 e. The highest BCUT2D eigenvalue weighted by Gasteiger charge is 2.33. The highest BCUT2D eigenvalue weighted by molar-refractivity contribution is 5.95. The predicted molar refractivity (Wildman–Crippen MR) is 146 cm³/mol. The van der Waals surface area contributed by atoms with Gasteiger partial charge in [-0.3, -0.25) is 14.7 Å². The molecular formula is C28H31N7O5. The van der Waals surface area contributed by atoms with Gasteiger partial charge in [-0.05, 0) is 62.3 Å². The van der Waals surface area contributed by atoms with Crippen molar-refractivity contribution in [3.05, 3.63) is 54.2 Å². The molecule has 3 aromatic heterocycles. The first-order valence-corrected chi connectivity index (χ1v) is 13.4. The molecule has 2 atom stereocenters. The minimum absolute atomic E-state index is 0.0484. The van der Waals surface area contributed by atoms with E-state index < -0.39 is 6.09 Å². The normalized spacial score (nSPS) is 20.6. The van der Waals surface area contributed by atoms with E-state index in [9.17, 15) is 9.59 Å². The van der Waals surface area contributed by atoms with E-state index >= 15 is 0 Å². The summed E-state index contributed by atoms with van der Waals surface area (Å²) in [6, 6.07) is 13.1. The zero-order valence-corrected chi connectivity index (χ0v) is 22.2. The number of hydrogen-bond donors (Lipinski definition) is 2. The van der Waals surface area contributed by atoms with Crippen molar-refractivity contribution in [2.75, 3.05) is 50.1 Å². The lowest BCUT2D eigenvalue weighted by molar-refractivity contribution is -0.118.